The number of aliphatic imine (C=N–C) groups is 1. The lowest BCUT2D eigenvalue weighted by molar-refractivity contribution is 0.354. The van der Waals surface area contributed by atoms with E-state index in [-0.39, 0.29) is 0 Å². The van der Waals surface area contributed by atoms with Crippen LogP contribution in [0.15, 0.2) is 47.5 Å². The minimum absolute atomic E-state index is 0.399. The molecule has 3 aromatic rings. The molecule has 2 aromatic carbocycles. The monoisotopic (exact) mass is 385 g/mol. The summed E-state index contributed by atoms with van der Waals surface area (Å²) in [6, 6.07) is 13.8. The third-order valence-electron chi connectivity index (χ3n) is 3.88. The van der Waals surface area contributed by atoms with Crippen molar-refractivity contribution in [3.05, 3.63) is 48.0 Å². The van der Waals surface area contributed by atoms with Crippen LogP contribution in [0.25, 0.3) is 10.2 Å². The van der Waals surface area contributed by atoms with Crippen LogP contribution in [0, 0.1) is 0 Å². The molecular formula is C19H23N5O2S. The molecular weight excluding hydrogens is 362 g/mol. The molecule has 0 spiro atoms. The van der Waals surface area contributed by atoms with Gasteiger partial charge in [-0.15, -0.1) is 0 Å². The number of guanidine groups is 1. The predicted molar refractivity (Wildman–Crippen MR) is 111 cm³/mol. The minimum Gasteiger partial charge on any atom is -0.493 e. The number of rotatable bonds is 8. The Hall–Kier alpha value is -3.00. The van der Waals surface area contributed by atoms with Gasteiger partial charge in [0.05, 0.1) is 31.0 Å². The molecule has 0 amide bonds. The minimum atomic E-state index is 0.399. The Morgan fingerprint density at radius 2 is 1.93 bits per heavy atom. The Balaban J connectivity index is 1.45. The number of benzene rings is 2. The van der Waals surface area contributed by atoms with E-state index in [0.717, 1.165) is 16.2 Å². The summed E-state index contributed by atoms with van der Waals surface area (Å²) >= 11 is 1.64. The van der Waals surface area contributed by atoms with Gasteiger partial charge in [-0.25, -0.2) is 9.98 Å². The summed E-state index contributed by atoms with van der Waals surface area (Å²) in [4.78, 5) is 8.88. The maximum absolute atomic E-state index is 5.93. The molecule has 142 valence electrons. The lowest BCUT2D eigenvalue weighted by Gasteiger charge is -2.09. The van der Waals surface area contributed by atoms with Crippen LogP contribution in [0.2, 0.25) is 0 Å². The van der Waals surface area contributed by atoms with Gasteiger partial charge in [0.25, 0.3) is 0 Å². The van der Waals surface area contributed by atoms with Crippen molar-refractivity contribution in [2.75, 3.05) is 32.6 Å². The fourth-order valence-electron chi connectivity index (χ4n) is 2.52. The van der Waals surface area contributed by atoms with Gasteiger partial charge in [0.15, 0.2) is 22.6 Å². The fraction of sp³-hybridized carbons (Fsp3) is 0.263. The smallest absolute Gasteiger partial charge is 0.188 e. The van der Waals surface area contributed by atoms with Gasteiger partial charge in [-0.3, -0.25) is 0 Å². The molecule has 0 atom stereocenters. The second kappa shape index (κ2) is 9.09. The van der Waals surface area contributed by atoms with Gasteiger partial charge < -0.3 is 25.8 Å². The van der Waals surface area contributed by atoms with Crippen molar-refractivity contribution in [1.29, 1.82) is 0 Å². The molecule has 1 heterocycles. The number of fused-ring (bicyclic) bond motifs is 1. The second-order valence-electron chi connectivity index (χ2n) is 5.73. The average Bonchev–Trinajstić information content (AvgIpc) is 3.12. The maximum Gasteiger partial charge on any atom is 0.188 e. The maximum atomic E-state index is 5.93. The highest BCUT2D eigenvalue weighted by atomic mass is 32.1. The second-order valence-corrected chi connectivity index (χ2v) is 6.76. The number of aromatic nitrogens is 1. The molecule has 0 unspecified atom stereocenters. The summed E-state index contributed by atoms with van der Waals surface area (Å²) in [6.45, 7) is 1.81. The lowest BCUT2D eigenvalue weighted by atomic mass is 10.2. The van der Waals surface area contributed by atoms with Crippen LogP contribution in [-0.4, -0.2) is 38.3 Å². The van der Waals surface area contributed by atoms with Gasteiger partial charge in [-0.05, 0) is 29.8 Å². The van der Waals surface area contributed by atoms with Crippen LogP contribution in [0.5, 0.6) is 11.5 Å². The zero-order valence-corrected chi connectivity index (χ0v) is 16.2. The first kappa shape index (κ1) is 18.8. The molecule has 0 fully saturated rings. The topological polar surface area (TPSA) is 93.8 Å². The first-order chi connectivity index (χ1) is 13.2. The molecule has 0 saturated carbocycles. The summed E-state index contributed by atoms with van der Waals surface area (Å²) in [5.41, 5.74) is 7.93. The lowest BCUT2D eigenvalue weighted by Crippen LogP contribution is -2.35. The molecule has 8 heteroatoms. The Bertz CT molecular complexity index is 892. The van der Waals surface area contributed by atoms with E-state index in [9.17, 15) is 0 Å². The van der Waals surface area contributed by atoms with Gasteiger partial charge in [0, 0.05) is 13.1 Å². The van der Waals surface area contributed by atoms with Crippen LogP contribution in [0.1, 0.15) is 5.56 Å². The molecule has 0 radical (unpaired) electrons. The number of nitrogens with two attached hydrogens (primary N) is 1. The van der Waals surface area contributed by atoms with E-state index in [1.54, 1.807) is 25.6 Å². The molecule has 4 N–H and O–H groups in total. The van der Waals surface area contributed by atoms with Crippen LogP contribution in [-0.2, 0) is 6.54 Å². The van der Waals surface area contributed by atoms with Crippen molar-refractivity contribution in [1.82, 2.24) is 10.3 Å². The van der Waals surface area contributed by atoms with Crippen molar-refractivity contribution in [2.45, 2.75) is 6.54 Å². The molecule has 0 saturated heterocycles. The van der Waals surface area contributed by atoms with E-state index in [0.29, 0.717) is 37.1 Å². The largest absolute Gasteiger partial charge is 0.493 e. The van der Waals surface area contributed by atoms with Crippen molar-refractivity contribution in [3.63, 3.8) is 0 Å². The predicted octanol–water partition coefficient (Wildman–Crippen LogP) is 2.83. The van der Waals surface area contributed by atoms with Crippen molar-refractivity contribution in [3.8, 4) is 11.5 Å². The van der Waals surface area contributed by atoms with Gasteiger partial charge in [0.1, 0.15) is 0 Å². The number of ether oxygens (including phenoxy) is 2. The van der Waals surface area contributed by atoms with Crippen molar-refractivity contribution < 1.29 is 9.47 Å². The Labute approximate surface area is 162 Å². The zero-order valence-electron chi connectivity index (χ0n) is 15.4. The molecule has 0 aliphatic carbocycles. The number of thiazole rings is 1. The SMILES string of the molecule is COc1ccc(CN=C(N)NCCNc2nc3ccccc3s2)cc1OC. The highest BCUT2D eigenvalue weighted by Crippen LogP contribution is 2.27. The first-order valence-corrected chi connectivity index (χ1v) is 9.35. The third kappa shape index (κ3) is 5.01. The number of para-hydroxylation sites is 1. The highest BCUT2D eigenvalue weighted by Gasteiger charge is 2.04. The number of anilines is 1. The highest BCUT2D eigenvalue weighted by molar-refractivity contribution is 7.22. The van der Waals surface area contributed by atoms with Crippen LogP contribution in [0.4, 0.5) is 5.13 Å². The zero-order chi connectivity index (χ0) is 19.1. The Morgan fingerprint density at radius 1 is 1.11 bits per heavy atom. The van der Waals surface area contributed by atoms with E-state index in [2.05, 4.69) is 26.7 Å². The molecule has 3 rings (SSSR count). The summed E-state index contributed by atoms with van der Waals surface area (Å²) in [5.74, 6) is 1.77. The molecule has 0 aliphatic rings. The number of nitrogens with zero attached hydrogens (tertiary/aromatic N) is 2. The molecule has 27 heavy (non-hydrogen) atoms. The third-order valence-corrected chi connectivity index (χ3v) is 4.88. The molecule has 0 aliphatic heterocycles. The number of nitrogens with one attached hydrogen (secondary N) is 2. The van der Waals surface area contributed by atoms with Crippen LogP contribution in [0.3, 0.4) is 0 Å². The van der Waals surface area contributed by atoms with Gasteiger partial charge in [-0.2, -0.15) is 0 Å². The summed E-state index contributed by atoms with van der Waals surface area (Å²) < 4.78 is 11.7. The number of hydrogen-bond donors (Lipinski definition) is 3. The number of methoxy groups -OCH3 is 2. The Kier molecular flexibility index (Phi) is 6.32. The summed E-state index contributed by atoms with van der Waals surface area (Å²) in [6.07, 6.45) is 0. The standard InChI is InChI=1S/C19H23N5O2S/c1-25-15-8-7-13(11-16(15)26-2)12-23-18(20)21-9-10-22-19-24-14-5-3-4-6-17(14)27-19/h3-8,11H,9-10,12H2,1-2H3,(H,22,24)(H3,20,21,23). The van der Waals surface area contributed by atoms with Gasteiger partial charge >= 0.3 is 0 Å². The van der Waals surface area contributed by atoms with Crippen molar-refractivity contribution in [2.24, 2.45) is 10.7 Å². The van der Waals surface area contributed by atoms with E-state index in [1.807, 2.05) is 36.4 Å². The molecule has 1 aromatic heterocycles. The summed E-state index contributed by atoms with van der Waals surface area (Å²) in [5, 5.41) is 7.29. The molecule has 7 nitrogen and oxygen atoms in total. The average molecular weight is 385 g/mol. The van der Waals surface area contributed by atoms with E-state index in [1.165, 1.54) is 4.70 Å². The van der Waals surface area contributed by atoms with Gasteiger partial charge in [-0.1, -0.05) is 29.5 Å². The van der Waals surface area contributed by atoms with E-state index < -0.39 is 0 Å². The van der Waals surface area contributed by atoms with Gasteiger partial charge in [0.2, 0.25) is 0 Å². The fourth-order valence-corrected chi connectivity index (χ4v) is 3.41. The number of hydrogen-bond acceptors (Lipinski definition) is 6. The van der Waals surface area contributed by atoms with E-state index in [4.69, 9.17) is 15.2 Å². The Morgan fingerprint density at radius 3 is 2.70 bits per heavy atom. The molecule has 0 bridgehead atoms. The van der Waals surface area contributed by atoms with E-state index >= 15 is 0 Å². The normalized spacial score (nSPS) is 11.4. The van der Waals surface area contributed by atoms with Crippen molar-refractivity contribution >= 4 is 32.6 Å². The van der Waals surface area contributed by atoms with Crippen LogP contribution < -0.4 is 25.8 Å². The quantitative estimate of drug-likeness (QED) is 0.314. The first-order valence-electron chi connectivity index (χ1n) is 8.53. The summed E-state index contributed by atoms with van der Waals surface area (Å²) in [7, 11) is 3.22. The van der Waals surface area contributed by atoms with Crippen LogP contribution >= 0.6 is 11.3 Å².